The Balaban J connectivity index is 1.40. The Morgan fingerprint density at radius 1 is 1.28 bits per heavy atom. The van der Waals surface area contributed by atoms with Crippen molar-refractivity contribution in [1.29, 1.82) is 0 Å². The molecule has 0 unspecified atom stereocenters. The Labute approximate surface area is 146 Å². The average molecular weight is 363 g/mol. The van der Waals surface area contributed by atoms with Gasteiger partial charge in [0.2, 0.25) is 0 Å². The van der Waals surface area contributed by atoms with Gasteiger partial charge in [-0.3, -0.25) is 4.79 Å². The van der Waals surface area contributed by atoms with Crippen LogP contribution in [-0.4, -0.2) is 38.5 Å². The number of ether oxygens (including phenoxy) is 1. The van der Waals surface area contributed by atoms with E-state index in [4.69, 9.17) is 9.15 Å². The molecule has 7 heteroatoms. The Kier molecular flexibility index (Phi) is 4.19. The summed E-state index contributed by atoms with van der Waals surface area (Å²) in [5.74, 6) is 1.55. The molecule has 0 radical (unpaired) electrons. The molecule has 2 heterocycles. The normalized spacial score (nSPS) is 21.8. The highest BCUT2D eigenvalue weighted by Gasteiger charge is 2.28. The molecule has 0 spiro atoms. The van der Waals surface area contributed by atoms with E-state index in [1.54, 1.807) is 6.07 Å². The van der Waals surface area contributed by atoms with Crippen LogP contribution in [0.1, 0.15) is 30.6 Å². The van der Waals surface area contributed by atoms with E-state index >= 15 is 0 Å². The van der Waals surface area contributed by atoms with Crippen LogP contribution in [0.5, 0.6) is 5.75 Å². The number of fused-ring (bicyclic) bond motifs is 3. The van der Waals surface area contributed by atoms with Gasteiger partial charge in [0.25, 0.3) is 5.91 Å². The van der Waals surface area contributed by atoms with Crippen LogP contribution >= 0.6 is 0 Å². The van der Waals surface area contributed by atoms with Crippen molar-refractivity contribution in [3.05, 3.63) is 29.5 Å². The minimum Gasteiger partial charge on any atom is -0.484 e. The summed E-state index contributed by atoms with van der Waals surface area (Å²) in [7, 11) is -3.00. The molecule has 1 atom stereocenters. The first-order chi connectivity index (χ1) is 12.0. The molecule has 1 amide bonds. The average Bonchev–Trinajstić information content (AvgIpc) is 3.12. The third-order valence-electron chi connectivity index (χ3n) is 4.89. The third kappa shape index (κ3) is 3.51. The highest BCUT2D eigenvalue weighted by Crippen LogP contribution is 2.33. The number of amides is 1. The minimum absolute atomic E-state index is 0.0197. The van der Waals surface area contributed by atoms with Gasteiger partial charge < -0.3 is 14.5 Å². The minimum atomic E-state index is -3.00. The Morgan fingerprint density at radius 3 is 2.92 bits per heavy atom. The molecule has 1 saturated heterocycles. The largest absolute Gasteiger partial charge is 0.484 e. The molecule has 4 rings (SSSR count). The van der Waals surface area contributed by atoms with Gasteiger partial charge in [-0.05, 0) is 43.9 Å². The molecule has 2 aromatic rings. The van der Waals surface area contributed by atoms with Crippen LogP contribution in [-0.2, 0) is 27.5 Å². The SMILES string of the molecule is O=C(COc1ccc2oc3c(c2c1)CCCC3)N[C@H]1CCS(=O)(=O)C1. The van der Waals surface area contributed by atoms with Gasteiger partial charge in [0.05, 0.1) is 11.5 Å². The zero-order valence-electron chi connectivity index (χ0n) is 13.9. The highest BCUT2D eigenvalue weighted by atomic mass is 32.2. The Bertz CT molecular complexity index is 915. The number of hydrogen-bond acceptors (Lipinski definition) is 5. The molecule has 1 aliphatic carbocycles. The summed E-state index contributed by atoms with van der Waals surface area (Å²) in [5, 5.41) is 3.79. The lowest BCUT2D eigenvalue weighted by atomic mass is 9.96. The smallest absolute Gasteiger partial charge is 0.258 e. The van der Waals surface area contributed by atoms with Crippen molar-refractivity contribution in [3.8, 4) is 5.75 Å². The molecule has 1 aliphatic heterocycles. The first kappa shape index (κ1) is 16.4. The summed E-state index contributed by atoms with van der Waals surface area (Å²) >= 11 is 0. The zero-order chi connectivity index (χ0) is 17.4. The van der Waals surface area contributed by atoms with Crippen molar-refractivity contribution in [2.45, 2.75) is 38.1 Å². The van der Waals surface area contributed by atoms with E-state index in [0.717, 1.165) is 36.0 Å². The lowest BCUT2D eigenvalue weighted by Gasteiger charge is -2.12. The van der Waals surface area contributed by atoms with Crippen molar-refractivity contribution in [1.82, 2.24) is 5.32 Å². The lowest BCUT2D eigenvalue weighted by Crippen LogP contribution is -2.38. The van der Waals surface area contributed by atoms with Gasteiger partial charge in [-0.15, -0.1) is 0 Å². The first-order valence-electron chi connectivity index (χ1n) is 8.67. The maximum Gasteiger partial charge on any atom is 0.258 e. The summed E-state index contributed by atoms with van der Waals surface area (Å²) in [6, 6.07) is 5.30. The van der Waals surface area contributed by atoms with Crippen LogP contribution in [0.15, 0.2) is 22.6 Å². The van der Waals surface area contributed by atoms with Crippen molar-refractivity contribution in [2.24, 2.45) is 0 Å². The number of carbonyl (C=O) groups excluding carboxylic acids is 1. The summed E-state index contributed by atoms with van der Waals surface area (Å²) in [6.45, 7) is -0.123. The van der Waals surface area contributed by atoms with Crippen LogP contribution in [0.4, 0.5) is 0 Å². The predicted octanol–water partition coefficient (Wildman–Crippen LogP) is 1.99. The second-order valence-electron chi connectivity index (χ2n) is 6.83. The maximum absolute atomic E-state index is 12.0. The van der Waals surface area contributed by atoms with E-state index in [1.807, 2.05) is 12.1 Å². The van der Waals surface area contributed by atoms with Crippen LogP contribution in [0.3, 0.4) is 0 Å². The van der Waals surface area contributed by atoms with E-state index in [2.05, 4.69) is 5.32 Å². The number of hydrogen-bond donors (Lipinski definition) is 1. The predicted molar refractivity (Wildman–Crippen MR) is 93.6 cm³/mol. The summed E-state index contributed by atoms with van der Waals surface area (Å²) in [4.78, 5) is 12.0. The van der Waals surface area contributed by atoms with Gasteiger partial charge in [0, 0.05) is 23.4 Å². The van der Waals surface area contributed by atoms with Crippen LogP contribution < -0.4 is 10.1 Å². The Hall–Kier alpha value is -2.02. The molecular weight excluding hydrogens is 342 g/mol. The number of nitrogens with one attached hydrogen (secondary N) is 1. The molecule has 6 nitrogen and oxygen atoms in total. The van der Waals surface area contributed by atoms with Gasteiger partial charge in [-0.1, -0.05) is 0 Å². The van der Waals surface area contributed by atoms with E-state index in [0.29, 0.717) is 12.2 Å². The topological polar surface area (TPSA) is 85.6 Å². The maximum atomic E-state index is 12.0. The monoisotopic (exact) mass is 363 g/mol. The van der Waals surface area contributed by atoms with Crippen LogP contribution in [0.25, 0.3) is 11.0 Å². The van der Waals surface area contributed by atoms with Gasteiger partial charge in [-0.2, -0.15) is 0 Å². The number of aryl methyl sites for hydroxylation is 2. The molecular formula is C18H21NO5S. The second-order valence-corrected chi connectivity index (χ2v) is 9.05. The molecule has 25 heavy (non-hydrogen) atoms. The van der Waals surface area contributed by atoms with E-state index in [1.165, 1.54) is 12.0 Å². The molecule has 1 aromatic carbocycles. The standard InChI is InChI=1S/C18H21NO5S/c20-18(19-12-7-8-25(21,22)11-12)10-23-13-5-6-17-15(9-13)14-3-1-2-4-16(14)24-17/h5-6,9,12H,1-4,7-8,10-11H2,(H,19,20)/t12-/m0/s1. The van der Waals surface area contributed by atoms with E-state index < -0.39 is 9.84 Å². The third-order valence-corrected chi connectivity index (χ3v) is 6.66. The van der Waals surface area contributed by atoms with Gasteiger partial charge in [0.1, 0.15) is 17.1 Å². The van der Waals surface area contributed by atoms with Crippen molar-refractivity contribution >= 4 is 26.7 Å². The van der Waals surface area contributed by atoms with Crippen LogP contribution in [0, 0.1) is 0 Å². The van der Waals surface area contributed by atoms with Crippen LogP contribution in [0.2, 0.25) is 0 Å². The number of furan rings is 1. The van der Waals surface area contributed by atoms with Crippen molar-refractivity contribution < 1.29 is 22.4 Å². The molecule has 134 valence electrons. The van der Waals surface area contributed by atoms with E-state index in [9.17, 15) is 13.2 Å². The summed E-state index contributed by atoms with van der Waals surface area (Å²) < 4.78 is 34.3. The fourth-order valence-corrected chi connectivity index (χ4v) is 5.33. The van der Waals surface area contributed by atoms with Gasteiger partial charge in [0.15, 0.2) is 16.4 Å². The molecule has 0 saturated carbocycles. The fraction of sp³-hybridized carbons (Fsp3) is 0.500. The van der Waals surface area contributed by atoms with E-state index in [-0.39, 0.29) is 30.1 Å². The lowest BCUT2D eigenvalue weighted by molar-refractivity contribution is -0.123. The summed E-state index contributed by atoms with van der Waals surface area (Å²) in [6.07, 6.45) is 4.79. The number of sulfone groups is 1. The second kappa shape index (κ2) is 6.37. The van der Waals surface area contributed by atoms with Gasteiger partial charge in [-0.25, -0.2) is 8.42 Å². The van der Waals surface area contributed by atoms with Crippen molar-refractivity contribution in [3.63, 3.8) is 0 Å². The first-order valence-corrected chi connectivity index (χ1v) is 10.5. The molecule has 1 aromatic heterocycles. The number of benzene rings is 1. The zero-order valence-corrected chi connectivity index (χ0v) is 14.7. The van der Waals surface area contributed by atoms with Crippen molar-refractivity contribution in [2.75, 3.05) is 18.1 Å². The Morgan fingerprint density at radius 2 is 2.12 bits per heavy atom. The molecule has 0 bridgehead atoms. The van der Waals surface area contributed by atoms with Gasteiger partial charge >= 0.3 is 0 Å². The fourth-order valence-electron chi connectivity index (χ4n) is 3.66. The number of rotatable bonds is 4. The molecule has 2 aliphatic rings. The summed E-state index contributed by atoms with van der Waals surface area (Å²) in [5.41, 5.74) is 2.12. The molecule has 1 fully saturated rings. The molecule has 1 N–H and O–H groups in total. The quantitative estimate of drug-likeness (QED) is 0.898. The highest BCUT2D eigenvalue weighted by molar-refractivity contribution is 7.91. The number of carbonyl (C=O) groups is 1.